The van der Waals surface area contributed by atoms with Gasteiger partial charge in [0.25, 0.3) is 10.1 Å². The van der Waals surface area contributed by atoms with Gasteiger partial charge >= 0.3 is 0 Å². The number of aromatic nitrogens is 2. The fourth-order valence-corrected chi connectivity index (χ4v) is 3.55. The number of hydrogen-bond donors (Lipinski definition) is 1. The van der Waals surface area contributed by atoms with Crippen LogP contribution in [0.5, 0.6) is 5.75 Å². The maximum absolute atomic E-state index is 10.8. The number of aryl methyl sites for hydroxylation is 1. The second-order valence-corrected chi connectivity index (χ2v) is 8.83. The summed E-state index contributed by atoms with van der Waals surface area (Å²) in [6, 6.07) is 11.2. The standard InChI is InChI=1S/C23H26N2O7S/c1-18(32-29-2)5-3-15-30-21-8-6-19(7-9-21)22-17-24-23(31-22)20-10-13-25(14-11-20)12-4-16-33(26,27)28/h6-11,13-14,17H,1,3-5,12,15-16H2,2H3/p+1. The van der Waals surface area contributed by atoms with Crippen molar-refractivity contribution in [2.75, 3.05) is 19.5 Å². The molecule has 10 heteroatoms. The molecule has 0 saturated carbocycles. The van der Waals surface area contributed by atoms with Crippen LogP contribution < -0.4 is 9.30 Å². The lowest BCUT2D eigenvalue weighted by Gasteiger charge is -2.07. The summed E-state index contributed by atoms with van der Waals surface area (Å²) < 4.78 is 43.9. The van der Waals surface area contributed by atoms with Gasteiger partial charge in [0.05, 0.1) is 25.7 Å². The van der Waals surface area contributed by atoms with Crippen molar-refractivity contribution in [1.82, 2.24) is 4.98 Å². The van der Waals surface area contributed by atoms with Crippen molar-refractivity contribution >= 4 is 10.1 Å². The lowest BCUT2D eigenvalue weighted by Crippen LogP contribution is -2.33. The summed E-state index contributed by atoms with van der Waals surface area (Å²) in [5.74, 6) is 2.15. The zero-order valence-electron chi connectivity index (χ0n) is 18.3. The van der Waals surface area contributed by atoms with Gasteiger partial charge in [-0.15, -0.1) is 0 Å². The highest BCUT2D eigenvalue weighted by Crippen LogP contribution is 2.27. The average molecular weight is 476 g/mol. The minimum atomic E-state index is -3.94. The number of rotatable bonds is 13. The van der Waals surface area contributed by atoms with Gasteiger partial charge in [-0.3, -0.25) is 4.55 Å². The Labute approximate surface area is 192 Å². The molecule has 0 aliphatic heterocycles. The highest BCUT2D eigenvalue weighted by Gasteiger charge is 2.12. The van der Waals surface area contributed by atoms with Gasteiger partial charge in [-0.2, -0.15) is 13.3 Å². The topological polar surface area (TPSA) is 112 Å². The van der Waals surface area contributed by atoms with E-state index in [0.29, 0.717) is 43.4 Å². The number of pyridine rings is 1. The van der Waals surface area contributed by atoms with Crippen LogP contribution in [0.3, 0.4) is 0 Å². The molecule has 3 rings (SSSR count). The summed E-state index contributed by atoms with van der Waals surface area (Å²) in [5, 5.41) is 0. The van der Waals surface area contributed by atoms with Crippen LogP contribution in [-0.2, 0) is 26.4 Å². The van der Waals surface area contributed by atoms with Crippen molar-refractivity contribution in [3.63, 3.8) is 0 Å². The second kappa shape index (κ2) is 11.6. The molecular weight excluding hydrogens is 448 g/mol. The zero-order chi connectivity index (χ0) is 23.7. The van der Waals surface area contributed by atoms with Crippen LogP contribution in [0, 0.1) is 0 Å². The lowest BCUT2D eigenvalue weighted by molar-refractivity contribution is -0.696. The lowest BCUT2D eigenvalue weighted by atomic mass is 10.2. The van der Waals surface area contributed by atoms with Gasteiger partial charge in [0.2, 0.25) is 5.89 Å². The Kier molecular flexibility index (Phi) is 8.58. The van der Waals surface area contributed by atoms with Crippen molar-refractivity contribution in [3.8, 4) is 28.5 Å². The summed E-state index contributed by atoms with van der Waals surface area (Å²) in [6.45, 7) is 4.74. The van der Waals surface area contributed by atoms with Gasteiger partial charge < -0.3 is 14.0 Å². The number of allylic oxidation sites excluding steroid dienone is 1. The normalized spacial score (nSPS) is 11.3. The molecule has 0 amide bonds. The first-order valence-electron chi connectivity index (χ1n) is 10.4. The van der Waals surface area contributed by atoms with Crippen LogP contribution in [0.4, 0.5) is 0 Å². The molecule has 0 radical (unpaired) electrons. The zero-order valence-corrected chi connectivity index (χ0v) is 19.2. The van der Waals surface area contributed by atoms with Crippen molar-refractivity contribution in [2.24, 2.45) is 0 Å². The van der Waals surface area contributed by atoms with Gasteiger partial charge in [0.15, 0.2) is 18.2 Å². The third kappa shape index (κ3) is 8.01. The van der Waals surface area contributed by atoms with E-state index >= 15 is 0 Å². The minimum absolute atomic E-state index is 0.270. The van der Waals surface area contributed by atoms with E-state index in [9.17, 15) is 8.42 Å². The molecule has 0 aliphatic rings. The fraction of sp³-hybridized carbons (Fsp3) is 0.304. The molecule has 1 aromatic carbocycles. The third-order valence-electron chi connectivity index (χ3n) is 4.67. The monoisotopic (exact) mass is 475 g/mol. The van der Waals surface area contributed by atoms with Crippen LogP contribution in [0.1, 0.15) is 19.3 Å². The molecule has 0 fully saturated rings. The second-order valence-electron chi connectivity index (χ2n) is 7.26. The highest BCUT2D eigenvalue weighted by molar-refractivity contribution is 7.85. The number of ether oxygens (including phenoxy) is 1. The summed E-state index contributed by atoms with van der Waals surface area (Å²) in [5.41, 5.74) is 1.67. The van der Waals surface area contributed by atoms with E-state index in [-0.39, 0.29) is 5.75 Å². The molecule has 9 nitrogen and oxygen atoms in total. The SMILES string of the molecule is C=C(CCCOc1ccc(-c2cnc(-c3cc[n+](CCCS(=O)(=O)O)cc3)o2)cc1)OOC. The quantitative estimate of drug-likeness (QED) is 0.0991. The van der Waals surface area contributed by atoms with Gasteiger partial charge in [0, 0.05) is 36.1 Å². The Morgan fingerprint density at radius 3 is 2.52 bits per heavy atom. The maximum atomic E-state index is 10.8. The largest absolute Gasteiger partial charge is 0.494 e. The maximum Gasteiger partial charge on any atom is 0.265 e. The molecule has 176 valence electrons. The van der Waals surface area contributed by atoms with E-state index in [0.717, 1.165) is 23.3 Å². The van der Waals surface area contributed by atoms with E-state index < -0.39 is 10.1 Å². The molecule has 2 aromatic heterocycles. The first-order valence-corrected chi connectivity index (χ1v) is 12.0. The fourth-order valence-electron chi connectivity index (χ4n) is 3.05. The molecular formula is C23H27N2O7S+. The smallest absolute Gasteiger partial charge is 0.265 e. The Hall–Kier alpha value is -3.21. The van der Waals surface area contributed by atoms with E-state index in [1.54, 1.807) is 6.20 Å². The molecule has 33 heavy (non-hydrogen) atoms. The molecule has 2 heterocycles. The summed E-state index contributed by atoms with van der Waals surface area (Å²) in [6.07, 6.45) is 7.02. The van der Waals surface area contributed by atoms with Crippen LogP contribution in [0.25, 0.3) is 22.8 Å². The predicted molar refractivity (Wildman–Crippen MR) is 121 cm³/mol. The molecule has 3 aromatic rings. The minimum Gasteiger partial charge on any atom is -0.494 e. The van der Waals surface area contributed by atoms with Gasteiger partial charge in [0.1, 0.15) is 18.1 Å². The number of benzene rings is 1. The Morgan fingerprint density at radius 2 is 1.85 bits per heavy atom. The van der Waals surface area contributed by atoms with Gasteiger partial charge in [-0.25, -0.2) is 9.55 Å². The first-order chi connectivity index (χ1) is 15.8. The van der Waals surface area contributed by atoms with Crippen molar-refractivity contribution in [3.05, 3.63) is 67.3 Å². The summed E-state index contributed by atoms with van der Waals surface area (Å²) in [7, 11) is -2.50. The molecule has 0 bridgehead atoms. The highest BCUT2D eigenvalue weighted by atomic mass is 32.2. The molecule has 0 aliphatic carbocycles. The first kappa shape index (κ1) is 24.4. The molecule has 0 atom stereocenters. The van der Waals surface area contributed by atoms with Crippen LogP contribution in [0.2, 0.25) is 0 Å². The van der Waals surface area contributed by atoms with Crippen molar-refractivity contribution < 1.29 is 36.5 Å². The van der Waals surface area contributed by atoms with E-state index in [4.69, 9.17) is 18.6 Å². The van der Waals surface area contributed by atoms with Crippen LogP contribution in [-0.4, -0.2) is 37.4 Å². The Balaban J connectivity index is 1.53. The number of nitrogens with zero attached hydrogens (tertiary/aromatic N) is 2. The molecule has 0 spiro atoms. The number of hydrogen-bond acceptors (Lipinski definition) is 7. The van der Waals surface area contributed by atoms with Gasteiger partial charge in [-0.1, -0.05) is 6.58 Å². The van der Waals surface area contributed by atoms with Crippen molar-refractivity contribution in [1.29, 1.82) is 0 Å². The Bertz CT molecular complexity index is 1140. The third-order valence-corrected chi connectivity index (χ3v) is 5.48. The van der Waals surface area contributed by atoms with Crippen LogP contribution >= 0.6 is 0 Å². The van der Waals surface area contributed by atoms with E-state index in [1.807, 2.05) is 53.4 Å². The van der Waals surface area contributed by atoms with Crippen molar-refractivity contribution in [2.45, 2.75) is 25.8 Å². The van der Waals surface area contributed by atoms with E-state index in [2.05, 4.69) is 16.5 Å². The molecule has 1 N–H and O–H groups in total. The predicted octanol–water partition coefficient (Wildman–Crippen LogP) is 3.82. The van der Waals surface area contributed by atoms with E-state index in [1.165, 1.54) is 7.11 Å². The molecule has 0 unspecified atom stereocenters. The molecule has 0 saturated heterocycles. The average Bonchev–Trinajstić information content (AvgIpc) is 3.27. The van der Waals surface area contributed by atoms with Crippen LogP contribution in [0.15, 0.2) is 71.7 Å². The summed E-state index contributed by atoms with van der Waals surface area (Å²) in [4.78, 5) is 13.7. The number of oxazole rings is 1. The van der Waals surface area contributed by atoms with Gasteiger partial charge in [-0.05, 0) is 30.7 Å². The summed E-state index contributed by atoms with van der Waals surface area (Å²) >= 11 is 0. The Morgan fingerprint density at radius 1 is 1.12 bits per heavy atom.